The number of aromatic nitrogens is 3. The first kappa shape index (κ1) is 25.0. The summed E-state index contributed by atoms with van der Waals surface area (Å²) in [6.45, 7) is 5.80. The number of nitrogens with one attached hydrogen (secondary N) is 2. The SMILES string of the molecule is Cc1nnc(CN=C(NC2CCCCC2)NC2CCN(Cc3ccccc3)CC2)n1C.I. The zero-order valence-electron chi connectivity index (χ0n) is 19.5. The molecule has 0 radical (unpaired) electrons. The van der Waals surface area contributed by atoms with Crippen LogP contribution in [0.4, 0.5) is 0 Å². The summed E-state index contributed by atoms with van der Waals surface area (Å²) in [5, 5.41) is 15.9. The number of likely N-dealkylation sites (tertiary alicyclic amines) is 1. The van der Waals surface area contributed by atoms with Crippen molar-refractivity contribution in [2.75, 3.05) is 13.1 Å². The predicted octanol–water partition coefficient (Wildman–Crippen LogP) is 3.77. The Bertz CT molecular complexity index is 837. The van der Waals surface area contributed by atoms with Crippen molar-refractivity contribution in [2.45, 2.75) is 77.0 Å². The lowest BCUT2D eigenvalue weighted by atomic mass is 9.95. The maximum absolute atomic E-state index is 4.90. The molecular formula is C24H38IN7. The number of halogens is 1. The van der Waals surface area contributed by atoms with Gasteiger partial charge in [-0.2, -0.15) is 0 Å². The van der Waals surface area contributed by atoms with Crippen LogP contribution >= 0.6 is 24.0 Å². The van der Waals surface area contributed by atoms with E-state index in [-0.39, 0.29) is 24.0 Å². The number of guanidine groups is 1. The van der Waals surface area contributed by atoms with Gasteiger partial charge in [-0.15, -0.1) is 34.2 Å². The lowest BCUT2D eigenvalue weighted by Crippen LogP contribution is -2.51. The highest BCUT2D eigenvalue weighted by atomic mass is 127. The van der Waals surface area contributed by atoms with Crippen LogP contribution in [0.5, 0.6) is 0 Å². The fourth-order valence-electron chi connectivity index (χ4n) is 4.58. The highest BCUT2D eigenvalue weighted by Gasteiger charge is 2.22. The number of hydrogen-bond donors (Lipinski definition) is 2. The Morgan fingerprint density at radius 1 is 0.969 bits per heavy atom. The number of hydrogen-bond acceptors (Lipinski definition) is 4. The fraction of sp³-hybridized carbons (Fsp3) is 0.625. The van der Waals surface area contributed by atoms with Crippen molar-refractivity contribution in [1.29, 1.82) is 0 Å². The Morgan fingerprint density at radius 2 is 1.62 bits per heavy atom. The number of piperidine rings is 1. The summed E-state index contributed by atoms with van der Waals surface area (Å²) >= 11 is 0. The van der Waals surface area contributed by atoms with Gasteiger partial charge in [0.1, 0.15) is 12.4 Å². The minimum atomic E-state index is 0. The summed E-state index contributed by atoms with van der Waals surface area (Å²) in [5.41, 5.74) is 1.40. The van der Waals surface area contributed by atoms with E-state index in [1.54, 1.807) is 0 Å². The molecule has 2 aliphatic rings. The Morgan fingerprint density at radius 3 is 2.25 bits per heavy atom. The van der Waals surface area contributed by atoms with Gasteiger partial charge in [-0.1, -0.05) is 49.6 Å². The molecule has 8 heteroatoms. The van der Waals surface area contributed by atoms with Gasteiger partial charge in [0, 0.05) is 38.8 Å². The first-order chi connectivity index (χ1) is 15.2. The molecule has 1 aromatic carbocycles. The largest absolute Gasteiger partial charge is 0.354 e. The highest BCUT2D eigenvalue weighted by molar-refractivity contribution is 14.0. The summed E-state index contributed by atoms with van der Waals surface area (Å²) < 4.78 is 2.02. The van der Waals surface area contributed by atoms with Gasteiger partial charge in [-0.05, 0) is 38.2 Å². The Labute approximate surface area is 209 Å². The summed E-state index contributed by atoms with van der Waals surface area (Å²) in [7, 11) is 2.00. The monoisotopic (exact) mass is 551 g/mol. The number of benzene rings is 1. The second-order valence-corrected chi connectivity index (χ2v) is 9.05. The summed E-state index contributed by atoms with van der Waals surface area (Å²) in [6, 6.07) is 11.8. The minimum Gasteiger partial charge on any atom is -0.354 e. The zero-order chi connectivity index (χ0) is 21.5. The third-order valence-electron chi connectivity index (χ3n) is 6.68. The van der Waals surface area contributed by atoms with Gasteiger partial charge in [0.15, 0.2) is 11.8 Å². The average molecular weight is 552 g/mol. The van der Waals surface area contributed by atoms with Gasteiger partial charge < -0.3 is 15.2 Å². The van der Waals surface area contributed by atoms with Gasteiger partial charge in [-0.3, -0.25) is 4.90 Å². The maximum Gasteiger partial charge on any atom is 0.192 e. The second kappa shape index (κ2) is 12.5. The first-order valence-corrected chi connectivity index (χ1v) is 11.9. The number of rotatable bonds is 6. The molecule has 4 rings (SSSR count). The third kappa shape index (κ3) is 7.16. The molecule has 0 amide bonds. The highest BCUT2D eigenvalue weighted by Crippen LogP contribution is 2.18. The van der Waals surface area contributed by atoms with Gasteiger partial charge in [0.2, 0.25) is 0 Å². The normalized spacial score (nSPS) is 18.9. The average Bonchev–Trinajstić information content (AvgIpc) is 3.12. The molecule has 0 spiro atoms. The van der Waals surface area contributed by atoms with Crippen LogP contribution in [-0.4, -0.2) is 50.8 Å². The van der Waals surface area contributed by atoms with Crippen LogP contribution in [0.25, 0.3) is 0 Å². The lowest BCUT2D eigenvalue weighted by molar-refractivity contribution is 0.198. The zero-order valence-corrected chi connectivity index (χ0v) is 21.8. The first-order valence-electron chi connectivity index (χ1n) is 11.9. The summed E-state index contributed by atoms with van der Waals surface area (Å²) in [5.74, 6) is 2.76. The van der Waals surface area contributed by atoms with E-state index in [9.17, 15) is 0 Å². The molecule has 2 N–H and O–H groups in total. The molecule has 32 heavy (non-hydrogen) atoms. The van der Waals surface area contributed by atoms with Gasteiger partial charge >= 0.3 is 0 Å². The van der Waals surface area contributed by atoms with E-state index in [1.807, 2.05) is 18.5 Å². The Balaban J connectivity index is 0.00000289. The van der Waals surface area contributed by atoms with Crippen LogP contribution in [0.1, 0.15) is 62.2 Å². The van der Waals surface area contributed by atoms with Gasteiger partial charge in [0.25, 0.3) is 0 Å². The molecule has 1 saturated carbocycles. The summed E-state index contributed by atoms with van der Waals surface area (Å²) in [6.07, 6.45) is 8.73. The third-order valence-corrected chi connectivity index (χ3v) is 6.68. The molecule has 2 aromatic rings. The van der Waals surface area contributed by atoms with E-state index in [4.69, 9.17) is 4.99 Å². The smallest absolute Gasteiger partial charge is 0.192 e. The van der Waals surface area contributed by atoms with Crippen molar-refractivity contribution in [3.63, 3.8) is 0 Å². The lowest BCUT2D eigenvalue weighted by Gasteiger charge is -2.34. The van der Waals surface area contributed by atoms with Crippen molar-refractivity contribution in [3.8, 4) is 0 Å². The van der Waals surface area contributed by atoms with Crippen LogP contribution < -0.4 is 10.6 Å². The second-order valence-electron chi connectivity index (χ2n) is 9.05. The standard InChI is InChI=1S/C24H37N7.HI/c1-19-28-29-23(30(19)2)17-25-24(26-21-11-7-4-8-12-21)27-22-13-15-31(16-14-22)18-20-9-5-3-6-10-20;/h3,5-6,9-10,21-22H,4,7-8,11-18H2,1-2H3,(H2,25,26,27);1H. The molecule has 0 atom stereocenters. The minimum absolute atomic E-state index is 0. The molecular weight excluding hydrogens is 513 g/mol. The molecule has 0 bridgehead atoms. The number of aliphatic imine (C=N–C) groups is 1. The molecule has 2 fully saturated rings. The van der Waals surface area contributed by atoms with Gasteiger partial charge in [0.05, 0.1) is 0 Å². The quantitative estimate of drug-likeness (QED) is 0.325. The number of aryl methyl sites for hydroxylation is 1. The number of nitrogens with zero attached hydrogens (tertiary/aromatic N) is 5. The Kier molecular flexibility index (Phi) is 9.77. The Hall–Kier alpha value is -1.68. The molecule has 2 heterocycles. The molecule has 0 unspecified atom stereocenters. The van der Waals surface area contributed by atoms with Crippen molar-refractivity contribution in [1.82, 2.24) is 30.3 Å². The van der Waals surface area contributed by atoms with E-state index in [2.05, 4.69) is 56.1 Å². The van der Waals surface area contributed by atoms with Crippen molar-refractivity contribution in [3.05, 3.63) is 47.5 Å². The van der Waals surface area contributed by atoms with Gasteiger partial charge in [-0.25, -0.2) is 4.99 Å². The maximum atomic E-state index is 4.90. The molecule has 176 valence electrons. The summed E-state index contributed by atoms with van der Waals surface area (Å²) in [4.78, 5) is 7.46. The van der Waals surface area contributed by atoms with Crippen LogP contribution in [0.15, 0.2) is 35.3 Å². The fourth-order valence-corrected chi connectivity index (χ4v) is 4.58. The van der Waals surface area contributed by atoms with E-state index < -0.39 is 0 Å². The van der Waals surface area contributed by atoms with E-state index in [1.165, 1.54) is 37.7 Å². The topological polar surface area (TPSA) is 70.4 Å². The molecule has 1 aliphatic heterocycles. The van der Waals surface area contributed by atoms with Crippen LogP contribution in [0, 0.1) is 6.92 Å². The van der Waals surface area contributed by atoms with E-state index in [0.29, 0.717) is 18.6 Å². The van der Waals surface area contributed by atoms with Crippen LogP contribution in [0.3, 0.4) is 0 Å². The van der Waals surface area contributed by atoms with Crippen molar-refractivity contribution in [2.24, 2.45) is 12.0 Å². The van der Waals surface area contributed by atoms with Crippen molar-refractivity contribution < 1.29 is 0 Å². The predicted molar refractivity (Wildman–Crippen MR) is 140 cm³/mol. The van der Waals surface area contributed by atoms with Crippen LogP contribution in [-0.2, 0) is 20.1 Å². The van der Waals surface area contributed by atoms with E-state index >= 15 is 0 Å². The molecule has 1 aliphatic carbocycles. The van der Waals surface area contributed by atoms with Crippen LogP contribution in [0.2, 0.25) is 0 Å². The molecule has 1 aromatic heterocycles. The van der Waals surface area contributed by atoms with E-state index in [0.717, 1.165) is 50.1 Å². The van der Waals surface area contributed by atoms with Crippen molar-refractivity contribution >= 4 is 29.9 Å². The molecule has 7 nitrogen and oxygen atoms in total. The molecule has 1 saturated heterocycles.